The first-order valence-corrected chi connectivity index (χ1v) is 11.3. The van der Waals surface area contributed by atoms with Gasteiger partial charge in [0, 0.05) is 36.7 Å². The van der Waals surface area contributed by atoms with E-state index in [1.165, 1.54) is 10.4 Å². The Labute approximate surface area is 187 Å². The van der Waals surface area contributed by atoms with E-state index in [4.69, 9.17) is 14.2 Å². The normalized spacial score (nSPS) is 11.8. The van der Waals surface area contributed by atoms with Crippen LogP contribution in [0.2, 0.25) is 0 Å². The SMILES string of the molecule is CCOC(=O)C(Cc1ccc(OCCc2sc(-c3ncccn3)cc2C)cc1)OCC. The van der Waals surface area contributed by atoms with Crippen LogP contribution in [-0.2, 0) is 27.1 Å². The molecular weight excluding hydrogens is 412 g/mol. The smallest absolute Gasteiger partial charge is 0.335 e. The van der Waals surface area contributed by atoms with Gasteiger partial charge in [0.15, 0.2) is 11.9 Å². The zero-order valence-electron chi connectivity index (χ0n) is 18.2. The molecule has 31 heavy (non-hydrogen) atoms. The second-order valence-corrected chi connectivity index (χ2v) is 8.07. The fourth-order valence-corrected chi connectivity index (χ4v) is 4.25. The number of hydrogen-bond donors (Lipinski definition) is 0. The van der Waals surface area contributed by atoms with Gasteiger partial charge < -0.3 is 14.2 Å². The van der Waals surface area contributed by atoms with Crippen molar-refractivity contribution in [1.29, 1.82) is 0 Å². The van der Waals surface area contributed by atoms with Crippen LogP contribution in [-0.4, -0.2) is 41.9 Å². The van der Waals surface area contributed by atoms with Gasteiger partial charge >= 0.3 is 5.97 Å². The molecule has 0 aliphatic carbocycles. The number of thiophene rings is 1. The van der Waals surface area contributed by atoms with Crippen molar-refractivity contribution in [2.75, 3.05) is 19.8 Å². The number of carbonyl (C=O) groups excluding carboxylic acids is 1. The van der Waals surface area contributed by atoms with Gasteiger partial charge in [-0.1, -0.05) is 12.1 Å². The molecule has 6 nitrogen and oxygen atoms in total. The highest BCUT2D eigenvalue weighted by Crippen LogP contribution is 2.29. The molecule has 0 radical (unpaired) electrons. The summed E-state index contributed by atoms with van der Waals surface area (Å²) >= 11 is 1.71. The third-order valence-electron chi connectivity index (χ3n) is 4.67. The maximum Gasteiger partial charge on any atom is 0.335 e. The Balaban J connectivity index is 1.53. The van der Waals surface area contributed by atoms with E-state index in [9.17, 15) is 4.79 Å². The van der Waals surface area contributed by atoms with Gasteiger partial charge in [0.05, 0.1) is 18.1 Å². The van der Waals surface area contributed by atoms with Gasteiger partial charge in [-0.3, -0.25) is 0 Å². The molecule has 3 aromatic rings. The molecule has 0 saturated carbocycles. The van der Waals surface area contributed by atoms with Crippen LogP contribution in [0.3, 0.4) is 0 Å². The first-order chi connectivity index (χ1) is 15.1. The predicted molar refractivity (Wildman–Crippen MR) is 121 cm³/mol. The quantitative estimate of drug-likeness (QED) is 0.404. The van der Waals surface area contributed by atoms with Gasteiger partial charge in [-0.05, 0) is 56.2 Å². The number of nitrogens with zero attached hydrogens (tertiary/aromatic N) is 2. The second kappa shape index (κ2) is 11.6. The fourth-order valence-electron chi connectivity index (χ4n) is 3.15. The Kier molecular flexibility index (Phi) is 8.55. The van der Waals surface area contributed by atoms with Gasteiger partial charge in [0.2, 0.25) is 0 Å². The zero-order valence-corrected chi connectivity index (χ0v) is 19.0. The molecule has 1 atom stereocenters. The Morgan fingerprint density at radius 2 is 1.84 bits per heavy atom. The van der Waals surface area contributed by atoms with E-state index in [-0.39, 0.29) is 5.97 Å². The van der Waals surface area contributed by atoms with Gasteiger partial charge in [0.1, 0.15) is 5.75 Å². The number of hydrogen-bond acceptors (Lipinski definition) is 7. The molecule has 0 fully saturated rings. The van der Waals surface area contributed by atoms with Crippen LogP contribution in [0, 0.1) is 6.92 Å². The highest BCUT2D eigenvalue weighted by atomic mass is 32.1. The van der Waals surface area contributed by atoms with Crippen LogP contribution < -0.4 is 4.74 Å². The number of esters is 1. The molecule has 3 rings (SSSR count). The van der Waals surface area contributed by atoms with Crippen molar-refractivity contribution in [3.8, 4) is 16.5 Å². The summed E-state index contributed by atoms with van der Waals surface area (Å²) in [6.07, 6.45) is 4.23. The van der Waals surface area contributed by atoms with E-state index in [1.807, 2.05) is 37.3 Å². The maximum atomic E-state index is 12.0. The lowest BCUT2D eigenvalue weighted by Gasteiger charge is -2.15. The molecule has 1 aromatic carbocycles. The number of rotatable bonds is 11. The van der Waals surface area contributed by atoms with E-state index in [2.05, 4.69) is 23.0 Å². The van der Waals surface area contributed by atoms with Gasteiger partial charge in [-0.15, -0.1) is 11.3 Å². The predicted octanol–water partition coefficient (Wildman–Crippen LogP) is 4.65. The monoisotopic (exact) mass is 440 g/mol. The molecule has 0 bridgehead atoms. The minimum absolute atomic E-state index is 0.323. The van der Waals surface area contributed by atoms with Crippen LogP contribution in [0.1, 0.15) is 29.9 Å². The van der Waals surface area contributed by atoms with E-state index in [1.54, 1.807) is 30.7 Å². The van der Waals surface area contributed by atoms with E-state index >= 15 is 0 Å². The molecule has 0 amide bonds. The first kappa shape index (κ1) is 22.9. The third-order valence-corrected chi connectivity index (χ3v) is 5.96. The standard InChI is InChI=1S/C24H28N2O4S/c1-4-28-20(24(27)29-5-2)16-18-7-9-19(10-8-18)30-14-11-21-17(3)15-22(31-21)23-25-12-6-13-26-23/h6-10,12-13,15,20H,4-5,11,14,16H2,1-3H3. The highest BCUT2D eigenvalue weighted by Gasteiger charge is 2.20. The summed E-state index contributed by atoms with van der Waals surface area (Å²) in [6.45, 7) is 7.16. The molecular formula is C24H28N2O4S. The third kappa shape index (κ3) is 6.60. The largest absolute Gasteiger partial charge is 0.493 e. The minimum Gasteiger partial charge on any atom is -0.493 e. The summed E-state index contributed by atoms with van der Waals surface area (Å²) in [7, 11) is 0. The Morgan fingerprint density at radius 1 is 1.10 bits per heavy atom. The van der Waals surface area contributed by atoms with Crippen molar-refractivity contribution in [3.63, 3.8) is 0 Å². The molecule has 2 heterocycles. The molecule has 7 heteroatoms. The molecule has 0 spiro atoms. The number of ether oxygens (including phenoxy) is 3. The van der Waals surface area contributed by atoms with Crippen LogP contribution in [0.15, 0.2) is 48.8 Å². The number of aryl methyl sites for hydroxylation is 1. The summed E-state index contributed by atoms with van der Waals surface area (Å²) in [4.78, 5) is 23.0. The van der Waals surface area contributed by atoms with Gasteiger partial charge in [0.25, 0.3) is 0 Å². The van der Waals surface area contributed by atoms with E-state index in [0.29, 0.717) is 26.2 Å². The van der Waals surface area contributed by atoms with Gasteiger partial charge in [-0.25, -0.2) is 14.8 Å². The molecule has 2 aromatic heterocycles. The van der Waals surface area contributed by atoms with Crippen molar-refractivity contribution in [2.45, 2.75) is 39.7 Å². The van der Waals surface area contributed by atoms with E-state index in [0.717, 1.165) is 28.4 Å². The minimum atomic E-state index is -0.582. The van der Waals surface area contributed by atoms with Crippen molar-refractivity contribution in [2.24, 2.45) is 0 Å². The molecule has 0 aliphatic rings. The summed E-state index contributed by atoms with van der Waals surface area (Å²) in [6, 6.07) is 11.7. The Bertz CT molecular complexity index is 957. The molecule has 0 N–H and O–H groups in total. The van der Waals surface area contributed by atoms with Crippen molar-refractivity contribution in [3.05, 3.63) is 64.8 Å². The topological polar surface area (TPSA) is 70.5 Å². The number of carbonyl (C=O) groups is 1. The van der Waals surface area contributed by atoms with Crippen LogP contribution in [0.4, 0.5) is 0 Å². The average molecular weight is 441 g/mol. The lowest BCUT2D eigenvalue weighted by atomic mass is 10.1. The second-order valence-electron chi connectivity index (χ2n) is 6.93. The van der Waals surface area contributed by atoms with Crippen LogP contribution in [0.25, 0.3) is 10.7 Å². The Hall–Kier alpha value is -2.77. The zero-order chi connectivity index (χ0) is 22.1. The van der Waals surface area contributed by atoms with Gasteiger partial charge in [-0.2, -0.15) is 0 Å². The summed E-state index contributed by atoms with van der Waals surface area (Å²) in [5, 5.41) is 0. The van der Waals surface area contributed by atoms with E-state index < -0.39 is 6.10 Å². The highest BCUT2D eigenvalue weighted by molar-refractivity contribution is 7.15. The lowest BCUT2D eigenvalue weighted by molar-refractivity contribution is -0.156. The van der Waals surface area contributed by atoms with Crippen molar-refractivity contribution in [1.82, 2.24) is 9.97 Å². The van der Waals surface area contributed by atoms with Crippen molar-refractivity contribution < 1.29 is 19.0 Å². The van der Waals surface area contributed by atoms with Crippen LogP contribution >= 0.6 is 11.3 Å². The summed E-state index contributed by atoms with van der Waals surface area (Å²) < 4.78 is 16.6. The van der Waals surface area contributed by atoms with Crippen molar-refractivity contribution >= 4 is 17.3 Å². The Morgan fingerprint density at radius 3 is 2.52 bits per heavy atom. The fraction of sp³-hybridized carbons (Fsp3) is 0.375. The molecule has 0 saturated heterocycles. The number of benzene rings is 1. The maximum absolute atomic E-state index is 12.0. The molecule has 1 unspecified atom stereocenters. The lowest BCUT2D eigenvalue weighted by Crippen LogP contribution is -2.28. The molecule has 0 aliphatic heterocycles. The van der Waals surface area contributed by atoms with Crippen LogP contribution in [0.5, 0.6) is 5.75 Å². The number of aromatic nitrogens is 2. The average Bonchev–Trinajstić information content (AvgIpc) is 3.16. The summed E-state index contributed by atoms with van der Waals surface area (Å²) in [5.41, 5.74) is 2.23. The molecule has 164 valence electrons. The summed E-state index contributed by atoms with van der Waals surface area (Å²) in [5.74, 6) is 1.23. The first-order valence-electron chi connectivity index (χ1n) is 10.5.